The second-order valence-electron chi connectivity index (χ2n) is 2.20. The van der Waals surface area contributed by atoms with Crippen LogP contribution < -0.4 is 0 Å². The van der Waals surface area contributed by atoms with Crippen molar-refractivity contribution < 1.29 is 0 Å². The first-order chi connectivity index (χ1) is 4.34. The molecule has 0 fully saturated rings. The van der Waals surface area contributed by atoms with E-state index in [4.69, 9.17) is 0 Å². The summed E-state index contributed by atoms with van der Waals surface area (Å²) in [5.41, 5.74) is 1.37. The Balaban J connectivity index is 2.65. The van der Waals surface area contributed by atoms with E-state index in [0.717, 1.165) is 5.33 Å². The Morgan fingerprint density at radius 3 is 3.00 bits per heavy atom. The normalized spacial score (nSPS) is 13.6. The molecule has 0 aliphatic carbocycles. The second kappa shape index (κ2) is 3.06. The molecule has 50 valence electrons. The maximum absolute atomic E-state index is 3.42. The van der Waals surface area contributed by atoms with Gasteiger partial charge in [0.2, 0.25) is 0 Å². The average molecular weight is 188 g/mol. The van der Waals surface area contributed by atoms with Crippen LogP contribution in [0.15, 0.2) is 18.5 Å². The lowest BCUT2D eigenvalue weighted by atomic mass is 10.1. The van der Waals surface area contributed by atoms with Gasteiger partial charge < -0.3 is 4.98 Å². The molecule has 0 radical (unpaired) electrons. The van der Waals surface area contributed by atoms with Crippen LogP contribution in [0.2, 0.25) is 0 Å². The predicted octanol–water partition coefficient (Wildman–Crippen LogP) is 2.51. The molecule has 1 N–H and O–H groups in total. The van der Waals surface area contributed by atoms with Crippen molar-refractivity contribution in [2.24, 2.45) is 0 Å². The van der Waals surface area contributed by atoms with Gasteiger partial charge in [-0.25, -0.2) is 0 Å². The van der Waals surface area contributed by atoms with Gasteiger partial charge in [0, 0.05) is 17.7 Å². The van der Waals surface area contributed by atoms with Gasteiger partial charge in [-0.3, -0.25) is 0 Å². The molecule has 0 saturated carbocycles. The number of H-pyrrole nitrogens is 1. The van der Waals surface area contributed by atoms with Gasteiger partial charge in [-0.2, -0.15) is 0 Å². The summed E-state index contributed by atoms with van der Waals surface area (Å²) in [7, 11) is 0. The van der Waals surface area contributed by atoms with Gasteiger partial charge in [-0.15, -0.1) is 0 Å². The third-order valence-corrected chi connectivity index (χ3v) is 2.39. The van der Waals surface area contributed by atoms with E-state index in [2.05, 4.69) is 33.9 Å². The lowest BCUT2D eigenvalue weighted by Crippen LogP contribution is -1.90. The molecule has 1 rings (SSSR count). The number of rotatable bonds is 2. The molecule has 1 atom stereocenters. The predicted molar refractivity (Wildman–Crippen MR) is 43.0 cm³/mol. The smallest absolute Gasteiger partial charge is 0.00981 e. The number of aromatic nitrogens is 1. The van der Waals surface area contributed by atoms with E-state index in [-0.39, 0.29) is 0 Å². The lowest BCUT2D eigenvalue weighted by molar-refractivity contribution is 0.890. The number of nitrogens with one attached hydrogen (secondary N) is 1. The minimum absolute atomic E-state index is 0.622. The van der Waals surface area contributed by atoms with E-state index in [0.29, 0.717) is 5.92 Å². The van der Waals surface area contributed by atoms with Crippen molar-refractivity contribution in [1.82, 2.24) is 4.98 Å². The zero-order valence-corrected chi connectivity index (χ0v) is 6.98. The van der Waals surface area contributed by atoms with Crippen LogP contribution in [0.25, 0.3) is 0 Å². The zero-order chi connectivity index (χ0) is 6.69. The van der Waals surface area contributed by atoms with Crippen LogP contribution in [0.3, 0.4) is 0 Å². The van der Waals surface area contributed by atoms with Crippen LogP contribution in [-0.2, 0) is 0 Å². The number of hydrogen-bond donors (Lipinski definition) is 1. The quantitative estimate of drug-likeness (QED) is 0.686. The maximum Gasteiger partial charge on any atom is 0.00981 e. The summed E-state index contributed by atoms with van der Waals surface area (Å²) in [6, 6.07) is 2.10. The number of halogens is 1. The van der Waals surface area contributed by atoms with Crippen molar-refractivity contribution >= 4 is 15.9 Å². The van der Waals surface area contributed by atoms with Gasteiger partial charge >= 0.3 is 0 Å². The molecule has 1 nitrogen and oxygen atoms in total. The minimum atomic E-state index is 0.622. The molecule has 0 aliphatic rings. The van der Waals surface area contributed by atoms with Crippen LogP contribution in [-0.4, -0.2) is 10.3 Å². The van der Waals surface area contributed by atoms with Gasteiger partial charge in [0.1, 0.15) is 0 Å². The second-order valence-corrected chi connectivity index (χ2v) is 2.85. The molecule has 0 saturated heterocycles. The van der Waals surface area contributed by atoms with Gasteiger partial charge in [0.25, 0.3) is 0 Å². The molecule has 1 aromatic heterocycles. The first-order valence-corrected chi connectivity index (χ1v) is 4.15. The van der Waals surface area contributed by atoms with Crippen LogP contribution in [0.5, 0.6) is 0 Å². The van der Waals surface area contributed by atoms with E-state index >= 15 is 0 Å². The fraction of sp³-hybridized carbons (Fsp3) is 0.429. The van der Waals surface area contributed by atoms with Gasteiger partial charge in [0.15, 0.2) is 0 Å². The Kier molecular flexibility index (Phi) is 2.34. The van der Waals surface area contributed by atoms with Gasteiger partial charge in [-0.05, 0) is 17.5 Å². The summed E-state index contributed by atoms with van der Waals surface area (Å²) >= 11 is 3.42. The summed E-state index contributed by atoms with van der Waals surface area (Å²) in [5.74, 6) is 0.622. The molecule has 0 bridgehead atoms. The third kappa shape index (κ3) is 1.58. The van der Waals surface area contributed by atoms with Crippen LogP contribution >= 0.6 is 15.9 Å². The molecule has 0 spiro atoms. The van der Waals surface area contributed by atoms with E-state index in [1.165, 1.54) is 5.56 Å². The van der Waals surface area contributed by atoms with Crippen molar-refractivity contribution in [2.45, 2.75) is 12.8 Å². The van der Waals surface area contributed by atoms with Crippen LogP contribution in [0.1, 0.15) is 18.4 Å². The topological polar surface area (TPSA) is 15.8 Å². The van der Waals surface area contributed by atoms with Crippen molar-refractivity contribution in [2.75, 3.05) is 5.33 Å². The van der Waals surface area contributed by atoms with E-state index < -0.39 is 0 Å². The SMILES string of the molecule is CC(CBr)c1cc[nH]c1. The highest BCUT2D eigenvalue weighted by Gasteiger charge is 2.01. The molecule has 0 aliphatic heterocycles. The number of alkyl halides is 1. The fourth-order valence-electron chi connectivity index (χ4n) is 0.732. The van der Waals surface area contributed by atoms with E-state index in [9.17, 15) is 0 Å². The van der Waals surface area contributed by atoms with Crippen molar-refractivity contribution in [1.29, 1.82) is 0 Å². The van der Waals surface area contributed by atoms with E-state index in [1.807, 2.05) is 12.4 Å². The Morgan fingerprint density at radius 1 is 1.78 bits per heavy atom. The fourth-order valence-corrected chi connectivity index (χ4v) is 1.11. The van der Waals surface area contributed by atoms with Crippen molar-refractivity contribution in [3.63, 3.8) is 0 Å². The van der Waals surface area contributed by atoms with Crippen LogP contribution in [0.4, 0.5) is 0 Å². The molecule has 1 aromatic rings. The first kappa shape index (κ1) is 6.87. The summed E-state index contributed by atoms with van der Waals surface area (Å²) in [6.07, 6.45) is 3.99. The van der Waals surface area contributed by atoms with Gasteiger partial charge in [0.05, 0.1) is 0 Å². The lowest BCUT2D eigenvalue weighted by Gasteiger charge is -2.01. The molecule has 0 aromatic carbocycles. The highest BCUT2D eigenvalue weighted by molar-refractivity contribution is 9.09. The monoisotopic (exact) mass is 187 g/mol. The Labute approximate surface area is 63.6 Å². The zero-order valence-electron chi connectivity index (χ0n) is 5.39. The molecular formula is C7H10BrN. The molecule has 2 heteroatoms. The number of aromatic amines is 1. The molecule has 9 heavy (non-hydrogen) atoms. The Bertz CT molecular complexity index is 157. The minimum Gasteiger partial charge on any atom is -0.367 e. The Morgan fingerprint density at radius 2 is 2.56 bits per heavy atom. The number of hydrogen-bond acceptors (Lipinski definition) is 0. The molecular weight excluding hydrogens is 178 g/mol. The Hall–Kier alpha value is -0.240. The van der Waals surface area contributed by atoms with Crippen LogP contribution in [0, 0.1) is 0 Å². The van der Waals surface area contributed by atoms with Crippen molar-refractivity contribution in [3.05, 3.63) is 24.0 Å². The molecule has 0 amide bonds. The molecule has 1 heterocycles. The summed E-state index contributed by atoms with van der Waals surface area (Å²) in [4.78, 5) is 3.02. The van der Waals surface area contributed by atoms with Gasteiger partial charge in [-0.1, -0.05) is 22.9 Å². The molecule has 1 unspecified atom stereocenters. The largest absolute Gasteiger partial charge is 0.367 e. The average Bonchev–Trinajstić information content (AvgIpc) is 2.37. The summed E-state index contributed by atoms with van der Waals surface area (Å²) in [5, 5.41) is 1.03. The summed E-state index contributed by atoms with van der Waals surface area (Å²) in [6.45, 7) is 2.19. The van der Waals surface area contributed by atoms with E-state index in [1.54, 1.807) is 0 Å². The summed E-state index contributed by atoms with van der Waals surface area (Å²) < 4.78 is 0. The third-order valence-electron chi connectivity index (χ3n) is 1.42. The standard InChI is InChI=1S/C7H10BrN/c1-6(4-8)7-2-3-9-5-7/h2-3,5-6,9H,4H2,1H3. The maximum atomic E-state index is 3.42. The highest BCUT2D eigenvalue weighted by Crippen LogP contribution is 2.15. The van der Waals surface area contributed by atoms with Crippen molar-refractivity contribution in [3.8, 4) is 0 Å². The highest BCUT2D eigenvalue weighted by atomic mass is 79.9. The first-order valence-electron chi connectivity index (χ1n) is 3.03.